The van der Waals surface area contributed by atoms with Gasteiger partial charge in [0.2, 0.25) is 5.88 Å². The van der Waals surface area contributed by atoms with E-state index in [1.54, 1.807) is 13.4 Å². The van der Waals surface area contributed by atoms with Crippen LogP contribution in [0.4, 0.5) is 0 Å². The lowest BCUT2D eigenvalue weighted by molar-refractivity contribution is -0.0771. The summed E-state index contributed by atoms with van der Waals surface area (Å²) in [6.45, 7) is 0. The van der Waals surface area contributed by atoms with Gasteiger partial charge in [-0.25, -0.2) is 9.97 Å². The maximum Gasteiger partial charge on any atom is 0.216 e. The number of nitrogens with zero attached hydrogens (tertiary/aromatic N) is 2. The van der Waals surface area contributed by atoms with E-state index in [1.807, 2.05) is 13.2 Å². The molecular weight excluding hydrogens is 296 g/mol. The van der Waals surface area contributed by atoms with Crippen molar-refractivity contribution in [3.63, 3.8) is 0 Å². The molecule has 0 saturated heterocycles. The standard InChI is InChI=1S/C13H19BrN2O2/c1-17-12-7-11(15-9-16-12)6-10(14)8-13(18-2)4-3-5-13/h7,9-10H,3-6,8H2,1-2H3. The van der Waals surface area contributed by atoms with Crippen molar-refractivity contribution >= 4 is 15.9 Å². The third-order valence-corrected chi connectivity index (χ3v) is 4.28. The van der Waals surface area contributed by atoms with Gasteiger partial charge in [0, 0.05) is 30.1 Å². The van der Waals surface area contributed by atoms with Crippen molar-refractivity contribution in [2.24, 2.45) is 0 Å². The van der Waals surface area contributed by atoms with Crippen LogP contribution in [0.1, 0.15) is 31.4 Å². The average molecular weight is 315 g/mol. The quantitative estimate of drug-likeness (QED) is 0.757. The Morgan fingerprint density at radius 1 is 1.39 bits per heavy atom. The van der Waals surface area contributed by atoms with Gasteiger partial charge < -0.3 is 9.47 Å². The molecule has 0 aliphatic heterocycles. The van der Waals surface area contributed by atoms with Crippen molar-refractivity contribution < 1.29 is 9.47 Å². The minimum atomic E-state index is 0.0886. The number of methoxy groups -OCH3 is 2. The molecule has 0 bridgehead atoms. The fourth-order valence-electron chi connectivity index (χ4n) is 2.37. The molecule has 0 amide bonds. The summed E-state index contributed by atoms with van der Waals surface area (Å²) < 4.78 is 10.7. The molecule has 18 heavy (non-hydrogen) atoms. The Morgan fingerprint density at radius 2 is 2.17 bits per heavy atom. The van der Waals surface area contributed by atoms with Crippen molar-refractivity contribution in [1.82, 2.24) is 9.97 Å². The van der Waals surface area contributed by atoms with E-state index in [2.05, 4.69) is 25.9 Å². The highest BCUT2D eigenvalue weighted by atomic mass is 79.9. The van der Waals surface area contributed by atoms with E-state index in [1.165, 1.54) is 19.3 Å². The maximum absolute atomic E-state index is 5.64. The van der Waals surface area contributed by atoms with Crippen molar-refractivity contribution in [3.05, 3.63) is 18.1 Å². The number of alkyl halides is 1. The predicted octanol–water partition coefficient (Wildman–Crippen LogP) is 2.75. The summed E-state index contributed by atoms with van der Waals surface area (Å²) in [7, 11) is 3.43. The second-order valence-corrected chi connectivity index (χ2v) is 6.09. The van der Waals surface area contributed by atoms with Crippen molar-refractivity contribution in [2.45, 2.75) is 42.5 Å². The van der Waals surface area contributed by atoms with Gasteiger partial charge in [-0.2, -0.15) is 0 Å². The molecule has 100 valence electrons. The topological polar surface area (TPSA) is 44.2 Å². The van der Waals surface area contributed by atoms with E-state index >= 15 is 0 Å². The van der Waals surface area contributed by atoms with Crippen LogP contribution in [0, 0.1) is 0 Å². The first kappa shape index (κ1) is 13.7. The van der Waals surface area contributed by atoms with Crippen LogP contribution in [0.2, 0.25) is 0 Å². The molecule has 0 radical (unpaired) electrons. The molecule has 0 N–H and O–H groups in total. The van der Waals surface area contributed by atoms with Crippen LogP contribution in [0.15, 0.2) is 12.4 Å². The first-order chi connectivity index (χ1) is 8.67. The highest BCUT2D eigenvalue weighted by Gasteiger charge is 2.38. The molecule has 1 aromatic heterocycles. The number of ether oxygens (including phenoxy) is 2. The molecule has 0 aromatic carbocycles. The Balaban J connectivity index is 1.92. The SMILES string of the molecule is COc1cc(CC(Br)CC2(OC)CCC2)ncn1. The normalized spacial score (nSPS) is 19.1. The monoisotopic (exact) mass is 314 g/mol. The smallest absolute Gasteiger partial charge is 0.216 e. The summed E-state index contributed by atoms with van der Waals surface area (Å²) in [5.74, 6) is 0.616. The van der Waals surface area contributed by atoms with Crippen LogP contribution in [-0.2, 0) is 11.2 Å². The van der Waals surface area contributed by atoms with Gasteiger partial charge >= 0.3 is 0 Å². The second kappa shape index (κ2) is 5.97. The Morgan fingerprint density at radius 3 is 2.72 bits per heavy atom. The Kier molecular flexibility index (Phi) is 4.56. The number of hydrogen-bond acceptors (Lipinski definition) is 4. The fraction of sp³-hybridized carbons (Fsp3) is 0.692. The summed E-state index contributed by atoms with van der Waals surface area (Å²) in [6, 6.07) is 1.88. The van der Waals surface area contributed by atoms with Crippen LogP contribution in [-0.4, -0.2) is 34.6 Å². The molecule has 0 spiro atoms. The van der Waals surface area contributed by atoms with Gasteiger partial charge in [0.25, 0.3) is 0 Å². The van der Waals surface area contributed by atoms with Gasteiger partial charge in [0.05, 0.1) is 12.7 Å². The zero-order chi connectivity index (χ0) is 13.0. The van der Waals surface area contributed by atoms with Crippen molar-refractivity contribution in [2.75, 3.05) is 14.2 Å². The van der Waals surface area contributed by atoms with Crippen molar-refractivity contribution in [3.8, 4) is 5.88 Å². The van der Waals surface area contributed by atoms with E-state index in [-0.39, 0.29) is 5.60 Å². The summed E-state index contributed by atoms with van der Waals surface area (Å²) >= 11 is 3.73. The molecule has 1 heterocycles. The molecule has 5 heteroatoms. The molecule has 1 aliphatic carbocycles. The lowest BCUT2D eigenvalue weighted by Crippen LogP contribution is -2.41. The van der Waals surface area contributed by atoms with Gasteiger partial charge in [0.15, 0.2) is 0 Å². The van der Waals surface area contributed by atoms with Crippen LogP contribution >= 0.6 is 15.9 Å². The Labute approximate surface area is 116 Å². The molecule has 1 unspecified atom stereocenters. The third kappa shape index (κ3) is 3.20. The summed E-state index contributed by atoms with van der Waals surface area (Å²) in [4.78, 5) is 8.65. The predicted molar refractivity (Wildman–Crippen MR) is 73.2 cm³/mol. The van der Waals surface area contributed by atoms with Crippen LogP contribution in [0.5, 0.6) is 5.88 Å². The van der Waals surface area contributed by atoms with Gasteiger partial charge in [0.1, 0.15) is 6.33 Å². The van der Waals surface area contributed by atoms with E-state index in [9.17, 15) is 0 Å². The largest absolute Gasteiger partial charge is 0.481 e. The van der Waals surface area contributed by atoms with Gasteiger partial charge in [-0.1, -0.05) is 15.9 Å². The first-order valence-corrected chi connectivity index (χ1v) is 7.13. The Hall–Kier alpha value is -0.680. The van der Waals surface area contributed by atoms with Gasteiger partial charge in [-0.3, -0.25) is 0 Å². The zero-order valence-corrected chi connectivity index (χ0v) is 12.4. The van der Waals surface area contributed by atoms with E-state index < -0.39 is 0 Å². The molecule has 1 saturated carbocycles. The molecule has 4 nitrogen and oxygen atoms in total. The maximum atomic E-state index is 5.64. The van der Waals surface area contributed by atoms with E-state index in [0.29, 0.717) is 10.7 Å². The minimum absolute atomic E-state index is 0.0886. The first-order valence-electron chi connectivity index (χ1n) is 6.21. The van der Waals surface area contributed by atoms with E-state index in [4.69, 9.17) is 9.47 Å². The third-order valence-electron chi connectivity index (χ3n) is 3.63. The molecular formula is C13H19BrN2O2. The molecule has 1 aliphatic rings. The number of rotatable bonds is 6. The summed E-state index contributed by atoms with van der Waals surface area (Å²) in [6.07, 6.45) is 7.04. The molecule has 1 fully saturated rings. The number of halogens is 1. The molecule has 2 rings (SSSR count). The molecule has 1 aromatic rings. The lowest BCUT2D eigenvalue weighted by Gasteiger charge is -2.41. The van der Waals surface area contributed by atoms with Crippen LogP contribution in [0.25, 0.3) is 0 Å². The van der Waals surface area contributed by atoms with Crippen LogP contribution < -0.4 is 4.74 Å². The number of hydrogen-bond donors (Lipinski definition) is 0. The highest BCUT2D eigenvalue weighted by molar-refractivity contribution is 9.09. The fourth-order valence-corrected chi connectivity index (χ4v) is 3.29. The lowest BCUT2D eigenvalue weighted by atomic mass is 9.76. The minimum Gasteiger partial charge on any atom is -0.481 e. The average Bonchev–Trinajstić information content (AvgIpc) is 2.34. The highest BCUT2D eigenvalue weighted by Crippen LogP contribution is 2.40. The number of aromatic nitrogens is 2. The Bertz CT molecular complexity index is 391. The van der Waals surface area contributed by atoms with Gasteiger partial charge in [-0.05, 0) is 25.7 Å². The van der Waals surface area contributed by atoms with Gasteiger partial charge in [-0.15, -0.1) is 0 Å². The summed E-state index contributed by atoms with van der Waals surface area (Å²) in [5, 5.41) is 0. The van der Waals surface area contributed by atoms with Crippen molar-refractivity contribution in [1.29, 1.82) is 0 Å². The summed E-state index contributed by atoms with van der Waals surface area (Å²) in [5.41, 5.74) is 1.08. The van der Waals surface area contributed by atoms with Crippen LogP contribution in [0.3, 0.4) is 0 Å². The molecule has 1 atom stereocenters. The zero-order valence-electron chi connectivity index (χ0n) is 10.9. The van der Waals surface area contributed by atoms with E-state index in [0.717, 1.165) is 18.5 Å². The second-order valence-electron chi connectivity index (χ2n) is 4.80.